The first-order valence-corrected chi connectivity index (χ1v) is 6.92. The van der Waals surface area contributed by atoms with Crippen molar-refractivity contribution < 1.29 is 0 Å². The van der Waals surface area contributed by atoms with Gasteiger partial charge in [0.05, 0.1) is 0 Å². The van der Waals surface area contributed by atoms with Crippen molar-refractivity contribution in [3.8, 4) is 0 Å². The zero-order chi connectivity index (χ0) is 13.0. The quantitative estimate of drug-likeness (QED) is 0.881. The molecule has 0 spiro atoms. The minimum absolute atomic E-state index is 0.668. The maximum Gasteiger partial charge on any atom is 0.0366 e. The van der Waals surface area contributed by atoms with Crippen LogP contribution in [-0.2, 0) is 0 Å². The van der Waals surface area contributed by atoms with Gasteiger partial charge in [0.2, 0.25) is 0 Å². The number of anilines is 1. The number of benzene rings is 1. The summed E-state index contributed by atoms with van der Waals surface area (Å²) in [5.74, 6) is 0. The highest BCUT2D eigenvalue weighted by Gasteiger charge is 2.22. The Hall–Kier alpha value is -1.06. The molecule has 0 amide bonds. The average molecular weight is 247 g/mol. The van der Waals surface area contributed by atoms with Gasteiger partial charge in [-0.05, 0) is 31.9 Å². The third-order valence-corrected chi connectivity index (χ3v) is 3.99. The molecule has 0 bridgehead atoms. The molecule has 3 nitrogen and oxygen atoms in total. The standard InChI is InChI=1S/C15H25N3/c1-13-3-5-14(6-4-13)17(2)15-7-10-18(11-8-15)12-9-16/h3-6,15H,7-12,16H2,1-2H3. The van der Waals surface area contributed by atoms with Crippen LogP contribution in [0.5, 0.6) is 0 Å². The van der Waals surface area contributed by atoms with Gasteiger partial charge in [0.25, 0.3) is 0 Å². The zero-order valence-electron chi connectivity index (χ0n) is 11.6. The molecule has 0 aromatic heterocycles. The molecule has 0 atom stereocenters. The monoisotopic (exact) mass is 247 g/mol. The highest BCUT2D eigenvalue weighted by molar-refractivity contribution is 5.47. The van der Waals surface area contributed by atoms with Crippen LogP contribution < -0.4 is 10.6 Å². The van der Waals surface area contributed by atoms with E-state index < -0.39 is 0 Å². The highest BCUT2D eigenvalue weighted by atomic mass is 15.2. The predicted octanol–water partition coefficient (Wildman–Crippen LogP) is 1.85. The molecule has 2 N–H and O–H groups in total. The normalized spacial score (nSPS) is 17.9. The van der Waals surface area contributed by atoms with Crippen molar-refractivity contribution >= 4 is 5.69 Å². The van der Waals surface area contributed by atoms with Gasteiger partial charge in [-0.3, -0.25) is 0 Å². The van der Waals surface area contributed by atoms with Gasteiger partial charge in [0.15, 0.2) is 0 Å². The van der Waals surface area contributed by atoms with Crippen LogP contribution in [0.1, 0.15) is 18.4 Å². The molecule has 0 unspecified atom stereocenters. The molecule has 3 heteroatoms. The van der Waals surface area contributed by atoms with Crippen LogP contribution in [0.4, 0.5) is 5.69 Å². The van der Waals surface area contributed by atoms with Crippen LogP contribution >= 0.6 is 0 Å². The molecule has 1 fully saturated rings. The Morgan fingerprint density at radius 2 is 1.83 bits per heavy atom. The summed E-state index contributed by atoms with van der Waals surface area (Å²) in [5, 5.41) is 0. The van der Waals surface area contributed by atoms with E-state index in [1.165, 1.54) is 37.2 Å². The summed E-state index contributed by atoms with van der Waals surface area (Å²) < 4.78 is 0. The SMILES string of the molecule is Cc1ccc(N(C)C2CCN(CCN)CC2)cc1. The highest BCUT2D eigenvalue weighted by Crippen LogP contribution is 2.22. The first-order valence-electron chi connectivity index (χ1n) is 6.92. The van der Waals surface area contributed by atoms with Crippen molar-refractivity contribution in [2.45, 2.75) is 25.8 Å². The summed E-state index contributed by atoms with van der Waals surface area (Å²) in [6, 6.07) is 9.50. The fourth-order valence-corrected chi connectivity index (χ4v) is 2.70. The van der Waals surface area contributed by atoms with E-state index in [0.717, 1.165) is 13.1 Å². The summed E-state index contributed by atoms with van der Waals surface area (Å²) in [5.41, 5.74) is 8.26. The third kappa shape index (κ3) is 3.24. The average Bonchev–Trinajstić information content (AvgIpc) is 2.40. The molecule has 2 rings (SSSR count). The lowest BCUT2D eigenvalue weighted by Gasteiger charge is -2.37. The summed E-state index contributed by atoms with van der Waals surface area (Å²) in [4.78, 5) is 4.90. The number of piperidine rings is 1. The predicted molar refractivity (Wildman–Crippen MR) is 78.1 cm³/mol. The minimum atomic E-state index is 0.668. The Morgan fingerprint density at radius 3 is 2.39 bits per heavy atom. The van der Waals surface area contributed by atoms with E-state index in [1.807, 2.05) is 0 Å². The molecule has 1 aromatic rings. The van der Waals surface area contributed by atoms with Gasteiger partial charge in [-0.1, -0.05) is 17.7 Å². The Kier molecular flexibility index (Phi) is 4.61. The summed E-state index contributed by atoms with van der Waals surface area (Å²) in [7, 11) is 2.22. The van der Waals surface area contributed by atoms with E-state index in [4.69, 9.17) is 5.73 Å². The lowest BCUT2D eigenvalue weighted by molar-refractivity contribution is 0.216. The second-order valence-corrected chi connectivity index (χ2v) is 5.31. The molecule has 1 aromatic carbocycles. The second kappa shape index (κ2) is 6.21. The maximum absolute atomic E-state index is 5.61. The van der Waals surface area contributed by atoms with Crippen LogP contribution in [0.2, 0.25) is 0 Å². The number of hydrogen-bond acceptors (Lipinski definition) is 3. The van der Waals surface area contributed by atoms with Crippen molar-refractivity contribution in [3.63, 3.8) is 0 Å². The fraction of sp³-hybridized carbons (Fsp3) is 0.600. The zero-order valence-corrected chi connectivity index (χ0v) is 11.6. The molecular formula is C15H25N3. The van der Waals surface area contributed by atoms with Gasteiger partial charge in [0.1, 0.15) is 0 Å². The molecule has 18 heavy (non-hydrogen) atoms. The molecule has 100 valence electrons. The van der Waals surface area contributed by atoms with E-state index in [9.17, 15) is 0 Å². The Balaban J connectivity index is 1.91. The smallest absolute Gasteiger partial charge is 0.0366 e. The second-order valence-electron chi connectivity index (χ2n) is 5.31. The van der Waals surface area contributed by atoms with Gasteiger partial charge in [-0.25, -0.2) is 0 Å². The van der Waals surface area contributed by atoms with Gasteiger partial charge in [0, 0.05) is 45.0 Å². The van der Waals surface area contributed by atoms with E-state index in [-0.39, 0.29) is 0 Å². The lowest BCUT2D eigenvalue weighted by Crippen LogP contribution is -2.44. The molecule has 1 saturated heterocycles. The molecule has 0 saturated carbocycles. The number of hydrogen-bond donors (Lipinski definition) is 1. The van der Waals surface area contributed by atoms with E-state index in [2.05, 4.69) is 48.0 Å². The van der Waals surface area contributed by atoms with Crippen molar-refractivity contribution in [1.29, 1.82) is 0 Å². The van der Waals surface area contributed by atoms with Gasteiger partial charge >= 0.3 is 0 Å². The van der Waals surface area contributed by atoms with Gasteiger partial charge < -0.3 is 15.5 Å². The number of nitrogens with two attached hydrogens (primary N) is 1. The molecule has 0 radical (unpaired) electrons. The van der Waals surface area contributed by atoms with Crippen molar-refractivity contribution in [1.82, 2.24) is 4.90 Å². The Labute approximate surface area is 111 Å². The number of rotatable bonds is 4. The minimum Gasteiger partial charge on any atom is -0.372 e. The number of likely N-dealkylation sites (tertiary alicyclic amines) is 1. The fourth-order valence-electron chi connectivity index (χ4n) is 2.70. The first kappa shape index (κ1) is 13.4. The topological polar surface area (TPSA) is 32.5 Å². The first-order chi connectivity index (χ1) is 8.70. The molecular weight excluding hydrogens is 222 g/mol. The van der Waals surface area contributed by atoms with Crippen LogP contribution in [0.25, 0.3) is 0 Å². The summed E-state index contributed by atoms with van der Waals surface area (Å²) >= 11 is 0. The van der Waals surface area contributed by atoms with E-state index >= 15 is 0 Å². The molecule has 1 heterocycles. The largest absolute Gasteiger partial charge is 0.372 e. The number of nitrogens with zero attached hydrogens (tertiary/aromatic N) is 2. The molecule has 1 aliphatic heterocycles. The Bertz CT molecular complexity index is 353. The molecule has 1 aliphatic rings. The van der Waals surface area contributed by atoms with Crippen LogP contribution in [0.15, 0.2) is 24.3 Å². The van der Waals surface area contributed by atoms with E-state index in [0.29, 0.717) is 6.04 Å². The van der Waals surface area contributed by atoms with Crippen molar-refractivity contribution in [2.24, 2.45) is 5.73 Å². The number of aryl methyl sites for hydroxylation is 1. The van der Waals surface area contributed by atoms with Gasteiger partial charge in [-0.15, -0.1) is 0 Å². The Morgan fingerprint density at radius 1 is 1.22 bits per heavy atom. The third-order valence-electron chi connectivity index (χ3n) is 3.99. The van der Waals surface area contributed by atoms with Crippen molar-refractivity contribution in [3.05, 3.63) is 29.8 Å². The van der Waals surface area contributed by atoms with Crippen molar-refractivity contribution in [2.75, 3.05) is 38.1 Å². The lowest BCUT2D eigenvalue weighted by atomic mass is 10.0. The summed E-state index contributed by atoms with van der Waals surface area (Å²) in [6.07, 6.45) is 2.48. The van der Waals surface area contributed by atoms with Crippen LogP contribution in [0, 0.1) is 6.92 Å². The van der Waals surface area contributed by atoms with E-state index in [1.54, 1.807) is 0 Å². The maximum atomic E-state index is 5.61. The summed E-state index contributed by atoms with van der Waals surface area (Å²) in [6.45, 7) is 6.31. The van der Waals surface area contributed by atoms with Gasteiger partial charge in [-0.2, -0.15) is 0 Å². The molecule has 0 aliphatic carbocycles. The van der Waals surface area contributed by atoms with Crippen LogP contribution in [0.3, 0.4) is 0 Å². The van der Waals surface area contributed by atoms with Crippen LogP contribution in [-0.4, -0.2) is 44.2 Å².